The number of carboxylic acid groups (broad SMARTS) is 1. The van der Waals surface area contributed by atoms with Crippen molar-refractivity contribution in [2.24, 2.45) is 0 Å². The van der Waals surface area contributed by atoms with Crippen LogP contribution in [0.1, 0.15) is 30.1 Å². The number of likely N-dealkylation sites (tertiary alicyclic amines) is 1. The van der Waals surface area contributed by atoms with Crippen molar-refractivity contribution in [1.82, 2.24) is 4.90 Å². The number of carbonyl (C=O) groups excluding carboxylic acids is 2. The molecule has 1 aromatic carbocycles. The Labute approximate surface area is 115 Å². The molecule has 0 bridgehead atoms. The van der Waals surface area contributed by atoms with Crippen molar-refractivity contribution in [3.63, 3.8) is 0 Å². The van der Waals surface area contributed by atoms with Gasteiger partial charge in [-0.1, -0.05) is 0 Å². The summed E-state index contributed by atoms with van der Waals surface area (Å²) in [5, 5.41) is 9.07. The molecular weight excluding hydrogens is 262 g/mol. The van der Waals surface area contributed by atoms with Gasteiger partial charge in [-0.25, -0.2) is 4.79 Å². The van der Waals surface area contributed by atoms with Gasteiger partial charge < -0.3 is 14.7 Å². The second-order valence-electron chi connectivity index (χ2n) is 4.61. The van der Waals surface area contributed by atoms with Crippen LogP contribution in [0, 0.1) is 0 Å². The van der Waals surface area contributed by atoms with Crippen molar-refractivity contribution < 1.29 is 24.2 Å². The molecule has 1 N–H and O–H groups in total. The smallest absolute Gasteiger partial charge is 0.326 e. The van der Waals surface area contributed by atoms with Gasteiger partial charge in [0.2, 0.25) is 0 Å². The molecule has 6 heteroatoms. The zero-order valence-corrected chi connectivity index (χ0v) is 11.0. The summed E-state index contributed by atoms with van der Waals surface area (Å²) in [6.45, 7) is 1.74. The van der Waals surface area contributed by atoms with Crippen LogP contribution in [0.4, 0.5) is 0 Å². The molecule has 1 heterocycles. The average Bonchev–Trinajstić information content (AvgIpc) is 2.87. The average molecular weight is 277 g/mol. The number of carboxylic acids is 1. The quantitative estimate of drug-likeness (QED) is 0.665. The zero-order valence-electron chi connectivity index (χ0n) is 11.0. The van der Waals surface area contributed by atoms with Gasteiger partial charge in [0.1, 0.15) is 11.8 Å². The number of hydrogen-bond acceptors (Lipinski definition) is 4. The number of aliphatic carboxylic acids is 1. The topological polar surface area (TPSA) is 83.9 Å². The molecule has 1 amide bonds. The standard InChI is InChI=1S/C14H15NO5/c1-9(16)20-11-6-4-10(5-7-11)13(17)15-8-2-3-12(15)14(18)19/h4-7,12H,2-3,8H2,1H3,(H,18,19). The van der Waals surface area contributed by atoms with Crippen LogP contribution in [0.15, 0.2) is 24.3 Å². The minimum Gasteiger partial charge on any atom is -0.480 e. The van der Waals surface area contributed by atoms with Crippen molar-refractivity contribution in [2.45, 2.75) is 25.8 Å². The first-order chi connectivity index (χ1) is 9.49. The monoisotopic (exact) mass is 277 g/mol. The lowest BCUT2D eigenvalue weighted by atomic mass is 10.1. The predicted octanol–water partition coefficient (Wildman–Crippen LogP) is 1.30. The van der Waals surface area contributed by atoms with Crippen LogP contribution in [-0.4, -0.2) is 40.4 Å². The van der Waals surface area contributed by atoms with E-state index in [0.29, 0.717) is 30.7 Å². The molecule has 1 saturated heterocycles. The number of ether oxygens (including phenoxy) is 1. The first-order valence-corrected chi connectivity index (χ1v) is 6.31. The van der Waals surface area contributed by atoms with Crippen molar-refractivity contribution in [3.8, 4) is 5.75 Å². The predicted molar refractivity (Wildman–Crippen MR) is 69.4 cm³/mol. The van der Waals surface area contributed by atoms with E-state index in [0.717, 1.165) is 0 Å². The van der Waals surface area contributed by atoms with E-state index in [1.54, 1.807) is 0 Å². The van der Waals surface area contributed by atoms with E-state index < -0.39 is 18.0 Å². The summed E-state index contributed by atoms with van der Waals surface area (Å²) in [5.74, 6) is -1.38. The zero-order chi connectivity index (χ0) is 14.7. The Morgan fingerprint density at radius 1 is 1.25 bits per heavy atom. The highest BCUT2D eigenvalue weighted by Gasteiger charge is 2.34. The number of carbonyl (C=O) groups is 3. The molecule has 1 atom stereocenters. The molecular formula is C14H15NO5. The van der Waals surface area contributed by atoms with Gasteiger partial charge in [-0.2, -0.15) is 0 Å². The van der Waals surface area contributed by atoms with Gasteiger partial charge in [0.15, 0.2) is 0 Å². The Morgan fingerprint density at radius 2 is 1.90 bits per heavy atom. The van der Waals surface area contributed by atoms with Gasteiger partial charge in [-0.3, -0.25) is 9.59 Å². The Balaban J connectivity index is 2.13. The van der Waals surface area contributed by atoms with E-state index in [9.17, 15) is 14.4 Å². The molecule has 106 valence electrons. The lowest BCUT2D eigenvalue weighted by Crippen LogP contribution is -2.40. The summed E-state index contributed by atoms with van der Waals surface area (Å²) < 4.78 is 4.88. The third-order valence-electron chi connectivity index (χ3n) is 3.16. The maximum atomic E-state index is 12.3. The number of hydrogen-bond donors (Lipinski definition) is 1. The lowest BCUT2D eigenvalue weighted by molar-refractivity contribution is -0.141. The summed E-state index contributed by atoms with van der Waals surface area (Å²) in [7, 11) is 0. The largest absolute Gasteiger partial charge is 0.480 e. The molecule has 1 aliphatic heterocycles. The maximum absolute atomic E-state index is 12.3. The second-order valence-corrected chi connectivity index (χ2v) is 4.61. The highest BCUT2D eigenvalue weighted by atomic mass is 16.5. The van der Waals surface area contributed by atoms with E-state index in [4.69, 9.17) is 9.84 Å². The highest BCUT2D eigenvalue weighted by Crippen LogP contribution is 2.21. The minimum absolute atomic E-state index is 0.315. The summed E-state index contributed by atoms with van der Waals surface area (Å²) in [6.07, 6.45) is 1.17. The van der Waals surface area contributed by atoms with Gasteiger partial charge in [-0.15, -0.1) is 0 Å². The third-order valence-corrected chi connectivity index (χ3v) is 3.16. The summed E-state index contributed by atoms with van der Waals surface area (Å²) in [6, 6.07) is 5.33. The van der Waals surface area contributed by atoms with Crippen LogP contribution in [0.2, 0.25) is 0 Å². The van der Waals surface area contributed by atoms with Crippen LogP contribution < -0.4 is 4.74 Å². The van der Waals surface area contributed by atoms with Crippen molar-refractivity contribution >= 4 is 17.8 Å². The first kappa shape index (κ1) is 14.0. The molecule has 2 rings (SSSR count). The Bertz CT molecular complexity index is 537. The number of amides is 1. The van der Waals surface area contributed by atoms with Crippen molar-refractivity contribution in [1.29, 1.82) is 0 Å². The number of esters is 1. The summed E-state index contributed by atoms with van der Waals surface area (Å²) in [5.41, 5.74) is 0.383. The van der Waals surface area contributed by atoms with Gasteiger partial charge in [-0.05, 0) is 37.1 Å². The summed E-state index contributed by atoms with van der Waals surface area (Å²) >= 11 is 0. The van der Waals surface area contributed by atoms with Crippen LogP contribution in [0.3, 0.4) is 0 Å². The number of benzene rings is 1. The van der Waals surface area contributed by atoms with Crippen molar-refractivity contribution in [2.75, 3.05) is 6.54 Å². The molecule has 0 aliphatic carbocycles. The molecule has 6 nitrogen and oxygen atoms in total. The first-order valence-electron chi connectivity index (χ1n) is 6.31. The Morgan fingerprint density at radius 3 is 2.45 bits per heavy atom. The molecule has 0 saturated carbocycles. The van der Waals surface area contributed by atoms with Gasteiger partial charge in [0, 0.05) is 19.0 Å². The highest BCUT2D eigenvalue weighted by molar-refractivity contribution is 5.97. The van der Waals surface area contributed by atoms with E-state index in [1.165, 1.54) is 36.1 Å². The molecule has 20 heavy (non-hydrogen) atoms. The summed E-state index contributed by atoms with van der Waals surface area (Å²) in [4.78, 5) is 35.5. The van der Waals surface area contributed by atoms with Crippen molar-refractivity contribution in [3.05, 3.63) is 29.8 Å². The van der Waals surface area contributed by atoms with Crippen LogP contribution in [-0.2, 0) is 9.59 Å². The van der Waals surface area contributed by atoms with E-state index in [-0.39, 0.29) is 5.91 Å². The molecule has 1 unspecified atom stereocenters. The third kappa shape index (κ3) is 2.96. The molecule has 1 aromatic rings. The Hall–Kier alpha value is -2.37. The van der Waals surface area contributed by atoms with E-state index in [1.807, 2.05) is 0 Å². The molecule has 0 radical (unpaired) electrons. The number of rotatable bonds is 3. The molecule has 0 aromatic heterocycles. The maximum Gasteiger partial charge on any atom is 0.326 e. The second kappa shape index (κ2) is 5.73. The molecule has 1 fully saturated rings. The Kier molecular flexibility index (Phi) is 4.02. The van der Waals surface area contributed by atoms with Crippen LogP contribution >= 0.6 is 0 Å². The van der Waals surface area contributed by atoms with Crippen LogP contribution in [0.5, 0.6) is 5.75 Å². The van der Waals surface area contributed by atoms with E-state index in [2.05, 4.69) is 0 Å². The molecule has 0 spiro atoms. The lowest BCUT2D eigenvalue weighted by Gasteiger charge is -2.21. The molecule has 1 aliphatic rings. The fraction of sp³-hybridized carbons (Fsp3) is 0.357. The number of nitrogens with zero attached hydrogens (tertiary/aromatic N) is 1. The fourth-order valence-corrected chi connectivity index (χ4v) is 2.26. The van der Waals surface area contributed by atoms with Gasteiger partial charge in [0.25, 0.3) is 5.91 Å². The SMILES string of the molecule is CC(=O)Oc1ccc(C(=O)N2CCCC2C(=O)O)cc1. The van der Waals surface area contributed by atoms with Crippen LogP contribution in [0.25, 0.3) is 0 Å². The van der Waals surface area contributed by atoms with Gasteiger partial charge in [0.05, 0.1) is 0 Å². The normalized spacial score (nSPS) is 17.9. The van der Waals surface area contributed by atoms with Gasteiger partial charge >= 0.3 is 11.9 Å². The van der Waals surface area contributed by atoms with E-state index >= 15 is 0 Å². The minimum atomic E-state index is -0.979. The fourth-order valence-electron chi connectivity index (χ4n) is 2.26.